The van der Waals surface area contributed by atoms with Gasteiger partial charge in [-0.05, 0) is 50.7 Å². The second-order valence-corrected chi connectivity index (χ2v) is 9.26. The van der Waals surface area contributed by atoms with Crippen molar-refractivity contribution in [2.45, 2.75) is 61.6 Å². The summed E-state index contributed by atoms with van der Waals surface area (Å²) in [5, 5.41) is 0.594. The van der Waals surface area contributed by atoms with Crippen molar-refractivity contribution in [2.75, 3.05) is 19.6 Å². The molecule has 0 bridgehead atoms. The molecule has 3 aliphatic rings. The maximum Gasteiger partial charge on any atom is 0.227 e. The van der Waals surface area contributed by atoms with Crippen molar-refractivity contribution < 1.29 is 9.59 Å². The van der Waals surface area contributed by atoms with Crippen LogP contribution in [0.2, 0.25) is 0 Å². The van der Waals surface area contributed by atoms with E-state index in [1.54, 1.807) is 0 Å². The molecule has 2 heterocycles. The van der Waals surface area contributed by atoms with Gasteiger partial charge in [-0.2, -0.15) is 0 Å². The SMILES string of the molecule is Cc1ccccc1SC1CCN(C(=O)[C@@H]2CCC(=O)N(C3CC3)C2)CC1. The van der Waals surface area contributed by atoms with Gasteiger partial charge < -0.3 is 9.80 Å². The van der Waals surface area contributed by atoms with Crippen molar-refractivity contribution >= 4 is 23.6 Å². The fraction of sp³-hybridized carbons (Fsp3) is 0.619. The molecule has 1 aromatic rings. The molecule has 1 aromatic carbocycles. The van der Waals surface area contributed by atoms with E-state index in [1.165, 1.54) is 10.5 Å². The van der Waals surface area contributed by atoms with Crippen LogP contribution in [0.25, 0.3) is 0 Å². The molecule has 0 aromatic heterocycles. The lowest BCUT2D eigenvalue weighted by Crippen LogP contribution is -2.49. The Hall–Kier alpha value is -1.49. The quantitative estimate of drug-likeness (QED) is 0.812. The minimum atomic E-state index is 0.0221. The third-order valence-electron chi connectivity index (χ3n) is 5.92. The first-order valence-corrected chi connectivity index (χ1v) is 10.8. The normalized spacial score (nSPS) is 24.8. The van der Waals surface area contributed by atoms with Gasteiger partial charge in [-0.1, -0.05) is 18.2 Å². The van der Waals surface area contributed by atoms with Gasteiger partial charge in [0.1, 0.15) is 0 Å². The van der Waals surface area contributed by atoms with E-state index in [9.17, 15) is 9.59 Å². The fourth-order valence-corrected chi connectivity index (χ4v) is 5.35. The van der Waals surface area contributed by atoms with Crippen LogP contribution in [-0.2, 0) is 9.59 Å². The first-order valence-electron chi connectivity index (χ1n) is 9.92. The summed E-state index contributed by atoms with van der Waals surface area (Å²) in [5.41, 5.74) is 1.34. The molecular formula is C21H28N2O2S. The number of aryl methyl sites for hydroxylation is 1. The molecule has 0 radical (unpaired) electrons. The van der Waals surface area contributed by atoms with Crippen molar-refractivity contribution in [3.63, 3.8) is 0 Å². The van der Waals surface area contributed by atoms with Gasteiger partial charge in [0, 0.05) is 42.2 Å². The summed E-state index contributed by atoms with van der Waals surface area (Å²) in [6.07, 6.45) is 5.64. The van der Waals surface area contributed by atoms with E-state index in [-0.39, 0.29) is 17.7 Å². The predicted octanol–water partition coefficient (Wildman–Crippen LogP) is 3.48. The first-order chi connectivity index (χ1) is 12.6. The number of amides is 2. The Morgan fingerprint density at radius 3 is 2.50 bits per heavy atom. The van der Waals surface area contributed by atoms with Crippen LogP contribution in [0.4, 0.5) is 0 Å². The molecule has 1 aliphatic carbocycles. The van der Waals surface area contributed by atoms with Crippen molar-refractivity contribution in [1.82, 2.24) is 9.80 Å². The van der Waals surface area contributed by atoms with Crippen molar-refractivity contribution in [3.8, 4) is 0 Å². The van der Waals surface area contributed by atoms with Crippen molar-refractivity contribution in [1.29, 1.82) is 0 Å². The van der Waals surface area contributed by atoms with Gasteiger partial charge in [-0.3, -0.25) is 9.59 Å². The molecule has 4 nitrogen and oxygen atoms in total. The van der Waals surface area contributed by atoms with Gasteiger partial charge in [0.25, 0.3) is 0 Å². The summed E-state index contributed by atoms with van der Waals surface area (Å²) in [6, 6.07) is 8.97. The minimum absolute atomic E-state index is 0.0221. The number of benzene rings is 1. The largest absolute Gasteiger partial charge is 0.342 e. The second-order valence-electron chi connectivity index (χ2n) is 7.92. The van der Waals surface area contributed by atoms with Gasteiger partial charge in [0.2, 0.25) is 11.8 Å². The summed E-state index contributed by atoms with van der Waals surface area (Å²) < 4.78 is 0. The Morgan fingerprint density at radius 2 is 1.81 bits per heavy atom. The van der Waals surface area contributed by atoms with E-state index in [1.807, 2.05) is 16.7 Å². The zero-order valence-electron chi connectivity index (χ0n) is 15.5. The number of nitrogens with zero attached hydrogens (tertiary/aromatic N) is 2. The van der Waals surface area contributed by atoms with Crippen LogP contribution >= 0.6 is 11.8 Å². The Bertz CT molecular complexity index is 680. The van der Waals surface area contributed by atoms with E-state index in [4.69, 9.17) is 0 Å². The number of carbonyl (C=O) groups excluding carboxylic acids is 2. The Balaban J connectivity index is 1.29. The van der Waals surface area contributed by atoms with Crippen molar-refractivity contribution in [2.24, 2.45) is 5.92 Å². The molecule has 2 amide bonds. The molecule has 2 aliphatic heterocycles. The molecule has 0 N–H and O–H groups in total. The number of thioether (sulfide) groups is 1. The van der Waals surface area contributed by atoms with Gasteiger partial charge in [-0.25, -0.2) is 0 Å². The molecule has 140 valence electrons. The van der Waals surface area contributed by atoms with Crippen LogP contribution in [0.1, 0.15) is 44.1 Å². The molecule has 0 spiro atoms. The molecule has 1 atom stereocenters. The standard InChI is InChI=1S/C21H28N2O2S/c1-15-4-2-3-5-19(15)26-18-10-12-22(13-11-18)21(25)16-6-9-20(24)23(14-16)17-7-8-17/h2-5,16-18H,6-14H2,1H3/t16-/m1/s1. The zero-order valence-corrected chi connectivity index (χ0v) is 16.3. The molecule has 3 fully saturated rings. The maximum atomic E-state index is 12.9. The van der Waals surface area contributed by atoms with E-state index in [0.29, 0.717) is 24.3 Å². The highest BCUT2D eigenvalue weighted by atomic mass is 32.2. The molecule has 2 saturated heterocycles. The predicted molar refractivity (Wildman–Crippen MR) is 104 cm³/mol. The molecule has 26 heavy (non-hydrogen) atoms. The molecule has 0 unspecified atom stereocenters. The number of piperidine rings is 2. The van der Waals surface area contributed by atoms with Crippen LogP contribution in [-0.4, -0.2) is 52.5 Å². The number of carbonyl (C=O) groups is 2. The van der Waals surface area contributed by atoms with Gasteiger partial charge in [-0.15, -0.1) is 11.8 Å². The van der Waals surface area contributed by atoms with Crippen molar-refractivity contribution in [3.05, 3.63) is 29.8 Å². The summed E-state index contributed by atoms with van der Waals surface area (Å²) in [6.45, 7) is 4.53. The number of hydrogen-bond donors (Lipinski definition) is 0. The first kappa shape index (κ1) is 17.9. The van der Waals surface area contributed by atoms with E-state index in [2.05, 4.69) is 36.1 Å². The Labute approximate surface area is 160 Å². The highest BCUT2D eigenvalue weighted by Gasteiger charge is 2.40. The second kappa shape index (κ2) is 7.63. The number of hydrogen-bond acceptors (Lipinski definition) is 3. The van der Waals surface area contributed by atoms with Crippen LogP contribution in [0, 0.1) is 12.8 Å². The number of rotatable bonds is 4. The van der Waals surface area contributed by atoms with E-state index >= 15 is 0 Å². The highest BCUT2D eigenvalue weighted by Crippen LogP contribution is 2.34. The number of likely N-dealkylation sites (tertiary alicyclic amines) is 2. The van der Waals surface area contributed by atoms with Crippen LogP contribution in [0.3, 0.4) is 0 Å². The third kappa shape index (κ3) is 3.93. The van der Waals surface area contributed by atoms with Crippen LogP contribution in [0.15, 0.2) is 29.2 Å². The Kier molecular flexibility index (Phi) is 5.25. The smallest absolute Gasteiger partial charge is 0.227 e. The van der Waals surface area contributed by atoms with Gasteiger partial charge in [0.15, 0.2) is 0 Å². The van der Waals surface area contributed by atoms with Gasteiger partial charge in [0.05, 0.1) is 5.92 Å². The topological polar surface area (TPSA) is 40.6 Å². The summed E-state index contributed by atoms with van der Waals surface area (Å²) in [5.74, 6) is 0.557. The monoisotopic (exact) mass is 372 g/mol. The highest BCUT2D eigenvalue weighted by molar-refractivity contribution is 8.00. The fourth-order valence-electron chi connectivity index (χ4n) is 4.13. The lowest BCUT2D eigenvalue weighted by Gasteiger charge is -2.37. The lowest BCUT2D eigenvalue weighted by atomic mass is 9.95. The average molecular weight is 373 g/mol. The molecular weight excluding hydrogens is 344 g/mol. The zero-order chi connectivity index (χ0) is 18.1. The van der Waals surface area contributed by atoms with Crippen LogP contribution in [0.5, 0.6) is 0 Å². The Morgan fingerprint density at radius 1 is 1.08 bits per heavy atom. The summed E-state index contributed by atoms with van der Waals surface area (Å²) >= 11 is 1.96. The summed E-state index contributed by atoms with van der Waals surface area (Å²) in [7, 11) is 0. The van der Waals surface area contributed by atoms with E-state index in [0.717, 1.165) is 45.2 Å². The molecule has 4 rings (SSSR count). The molecule has 5 heteroatoms. The maximum absolute atomic E-state index is 12.9. The van der Waals surface area contributed by atoms with Crippen LogP contribution < -0.4 is 0 Å². The lowest BCUT2D eigenvalue weighted by molar-refractivity contribution is -0.144. The van der Waals surface area contributed by atoms with E-state index < -0.39 is 0 Å². The van der Waals surface area contributed by atoms with Gasteiger partial charge >= 0.3 is 0 Å². The summed E-state index contributed by atoms with van der Waals surface area (Å²) in [4.78, 5) is 30.4. The molecule has 1 saturated carbocycles. The third-order valence-corrected chi connectivity index (χ3v) is 7.44. The average Bonchev–Trinajstić information content (AvgIpc) is 3.49. The minimum Gasteiger partial charge on any atom is -0.342 e.